The third-order valence-corrected chi connectivity index (χ3v) is 4.07. The monoisotopic (exact) mass is 298 g/mol. The Kier molecular flexibility index (Phi) is 5.88. The zero-order valence-electron chi connectivity index (χ0n) is 13.6. The van der Waals surface area contributed by atoms with E-state index in [1.165, 1.54) is 5.56 Å². The Morgan fingerprint density at radius 2 is 1.45 bits per heavy atom. The third kappa shape index (κ3) is 4.03. The Morgan fingerprint density at radius 1 is 0.773 bits per heavy atom. The molecule has 0 radical (unpaired) electrons. The van der Waals surface area contributed by atoms with E-state index < -0.39 is 0 Å². The van der Waals surface area contributed by atoms with Crippen molar-refractivity contribution in [1.82, 2.24) is 0 Å². The van der Waals surface area contributed by atoms with Crippen LogP contribution in [0.1, 0.15) is 50.7 Å². The smallest absolute Gasteiger partial charge is 0.123 e. The van der Waals surface area contributed by atoms with Crippen LogP contribution in [-0.2, 0) is 12.8 Å². The van der Waals surface area contributed by atoms with Crippen LogP contribution in [0.3, 0.4) is 0 Å². The lowest BCUT2D eigenvalue weighted by Crippen LogP contribution is -1.90. The fourth-order valence-corrected chi connectivity index (χ4v) is 2.67. The van der Waals surface area contributed by atoms with Gasteiger partial charge in [-0.25, -0.2) is 0 Å². The summed E-state index contributed by atoms with van der Waals surface area (Å²) in [5, 5.41) is 20.2. The van der Waals surface area contributed by atoms with Gasteiger partial charge in [-0.1, -0.05) is 38.8 Å². The van der Waals surface area contributed by atoms with Crippen molar-refractivity contribution in [3.63, 3.8) is 0 Å². The number of aromatic hydroxyl groups is 2. The van der Waals surface area contributed by atoms with Gasteiger partial charge in [0.25, 0.3) is 0 Å². The lowest BCUT2D eigenvalue weighted by molar-refractivity contribution is 0.466. The Morgan fingerprint density at radius 3 is 2.18 bits per heavy atom. The fraction of sp³-hybridized carbons (Fsp3) is 0.400. The largest absolute Gasteiger partial charge is 0.508 e. The van der Waals surface area contributed by atoms with E-state index in [0.717, 1.165) is 55.2 Å². The summed E-state index contributed by atoms with van der Waals surface area (Å²) in [5.74, 6) is 0.645. The number of hydrogen-bond donors (Lipinski definition) is 2. The lowest BCUT2D eigenvalue weighted by Gasteiger charge is -2.11. The molecule has 2 aromatic carbocycles. The van der Waals surface area contributed by atoms with E-state index in [-0.39, 0.29) is 0 Å². The highest BCUT2D eigenvalue weighted by Crippen LogP contribution is 2.33. The van der Waals surface area contributed by atoms with Gasteiger partial charge in [0.2, 0.25) is 0 Å². The number of unbranched alkanes of at least 4 members (excludes halogenated alkanes) is 2. The Hall–Kier alpha value is -1.96. The van der Waals surface area contributed by atoms with Gasteiger partial charge in [-0.3, -0.25) is 0 Å². The second-order valence-electron chi connectivity index (χ2n) is 5.90. The zero-order valence-corrected chi connectivity index (χ0v) is 13.6. The highest BCUT2D eigenvalue weighted by molar-refractivity contribution is 5.72. The minimum atomic E-state index is 0.298. The summed E-state index contributed by atoms with van der Waals surface area (Å²) in [6.07, 6.45) is 6.37. The topological polar surface area (TPSA) is 40.5 Å². The van der Waals surface area contributed by atoms with Crippen LogP contribution in [0.25, 0.3) is 11.1 Å². The molecular formula is C20H26O2. The molecular weight excluding hydrogens is 272 g/mol. The zero-order chi connectivity index (χ0) is 15.9. The van der Waals surface area contributed by atoms with Crippen LogP contribution < -0.4 is 0 Å². The van der Waals surface area contributed by atoms with Crippen LogP contribution in [0.4, 0.5) is 0 Å². The molecule has 0 aliphatic heterocycles. The summed E-state index contributed by atoms with van der Waals surface area (Å²) >= 11 is 0. The van der Waals surface area contributed by atoms with Crippen molar-refractivity contribution in [3.8, 4) is 22.6 Å². The van der Waals surface area contributed by atoms with Crippen molar-refractivity contribution < 1.29 is 10.2 Å². The van der Waals surface area contributed by atoms with E-state index in [9.17, 15) is 10.2 Å². The summed E-state index contributed by atoms with van der Waals surface area (Å²) in [7, 11) is 0. The predicted molar refractivity (Wildman–Crippen MR) is 92.4 cm³/mol. The predicted octanol–water partition coefficient (Wildman–Crippen LogP) is 5.45. The van der Waals surface area contributed by atoms with Crippen LogP contribution in [0.15, 0.2) is 36.4 Å². The number of phenolic OH excluding ortho intramolecular Hbond substituents is 2. The first-order chi connectivity index (χ1) is 10.7. The number of hydrogen-bond acceptors (Lipinski definition) is 2. The molecule has 0 atom stereocenters. The van der Waals surface area contributed by atoms with Crippen molar-refractivity contribution in [1.29, 1.82) is 0 Å². The number of phenols is 2. The van der Waals surface area contributed by atoms with E-state index in [2.05, 4.69) is 19.9 Å². The molecule has 2 nitrogen and oxygen atoms in total. The van der Waals surface area contributed by atoms with Crippen molar-refractivity contribution >= 4 is 0 Å². The van der Waals surface area contributed by atoms with Gasteiger partial charge >= 0.3 is 0 Å². The molecule has 0 aliphatic carbocycles. The van der Waals surface area contributed by atoms with Crippen molar-refractivity contribution in [3.05, 3.63) is 47.5 Å². The maximum atomic E-state index is 10.2. The molecule has 0 fully saturated rings. The molecule has 2 N–H and O–H groups in total. The minimum absolute atomic E-state index is 0.298. The van der Waals surface area contributed by atoms with Crippen LogP contribution in [0.2, 0.25) is 0 Å². The molecule has 0 aromatic heterocycles. The van der Waals surface area contributed by atoms with Crippen LogP contribution in [0, 0.1) is 0 Å². The molecule has 0 unspecified atom stereocenters. The van der Waals surface area contributed by atoms with Crippen molar-refractivity contribution in [2.24, 2.45) is 0 Å². The third-order valence-electron chi connectivity index (χ3n) is 4.07. The minimum Gasteiger partial charge on any atom is -0.508 e. The van der Waals surface area contributed by atoms with E-state index in [1.54, 1.807) is 12.1 Å². The van der Waals surface area contributed by atoms with E-state index in [1.807, 2.05) is 18.2 Å². The summed E-state index contributed by atoms with van der Waals surface area (Å²) in [4.78, 5) is 0. The van der Waals surface area contributed by atoms with E-state index >= 15 is 0 Å². The standard InChI is InChI=1S/C20H26O2/c1-3-5-7-15-9-11-20(22)18(13-15)16-10-12-19(21)17(14-16)8-6-4-2/h9-14,21-22H,3-8H2,1-2H3. The molecule has 118 valence electrons. The maximum absolute atomic E-state index is 10.2. The molecule has 0 bridgehead atoms. The molecule has 0 aliphatic rings. The van der Waals surface area contributed by atoms with Gasteiger partial charge in [0.05, 0.1) is 0 Å². The number of rotatable bonds is 7. The highest BCUT2D eigenvalue weighted by Gasteiger charge is 2.09. The Balaban J connectivity index is 2.33. The number of benzene rings is 2. The van der Waals surface area contributed by atoms with Gasteiger partial charge in [0.15, 0.2) is 0 Å². The Labute approximate surface area is 133 Å². The average molecular weight is 298 g/mol. The molecule has 0 saturated heterocycles. The Bertz CT molecular complexity index is 617. The van der Waals surface area contributed by atoms with Crippen LogP contribution in [0.5, 0.6) is 11.5 Å². The molecule has 2 heteroatoms. The quantitative estimate of drug-likeness (QED) is 0.713. The lowest BCUT2D eigenvalue weighted by atomic mass is 9.96. The first-order valence-corrected chi connectivity index (χ1v) is 8.29. The molecule has 22 heavy (non-hydrogen) atoms. The van der Waals surface area contributed by atoms with Gasteiger partial charge in [-0.2, -0.15) is 0 Å². The van der Waals surface area contributed by atoms with Gasteiger partial charge in [-0.15, -0.1) is 0 Å². The maximum Gasteiger partial charge on any atom is 0.123 e. The van der Waals surface area contributed by atoms with Crippen LogP contribution in [-0.4, -0.2) is 10.2 Å². The van der Waals surface area contributed by atoms with Gasteiger partial charge < -0.3 is 10.2 Å². The fourth-order valence-electron chi connectivity index (χ4n) is 2.67. The summed E-state index contributed by atoms with van der Waals surface area (Å²) in [6, 6.07) is 11.5. The van der Waals surface area contributed by atoms with Gasteiger partial charge in [0.1, 0.15) is 11.5 Å². The summed E-state index contributed by atoms with van der Waals surface area (Å²) in [5.41, 5.74) is 4.03. The van der Waals surface area contributed by atoms with E-state index in [4.69, 9.17) is 0 Å². The molecule has 0 heterocycles. The van der Waals surface area contributed by atoms with Crippen molar-refractivity contribution in [2.75, 3.05) is 0 Å². The van der Waals surface area contributed by atoms with Gasteiger partial charge in [-0.05, 0) is 66.6 Å². The van der Waals surface area contributed by atoms with Crippen molar-refractivity contribution in [2.45, 2.75) is 52.4 Å². The molecule has 0 saturated carbocycles. The first-order valence-electron chi connectivity index (χ1n) is 8.29. The van der Waals surface area contributed by atoms with E-state index in [0.29, 0.717) is 11.5 Å². The summed E-state index contributed by atoms with van der Waals surface area (Å²) in [6.45, 7) is 4.32. The normalized spacial score (nSPS) is 10.8. The second kappa shape index (κ2) is 7.88. The van der Waals surface area contributed by atoms with Crippen LogP contribution >= 0.6 is 0 Å². The van der Waals surface area contributed by atoms with Gasteiger partial charge in [0, 0.05) is 5.56 Å². The molecule has 2 aromatic rings. The molecule has 0 spiro atoms. The SMILES string of the molecule is CCCCc1ccc(O)c(-c2ccc(O)c(CCCC)c2)c1. The molecule has 2 rings (SSSR count). The first kappa shape index (κ1) is 16.4. The highest BCUT2D eigenvalue weighted by atomic mass is 16.3. The number of aryl methyl sites for hydroxylation is 2. The molecule has 0 amide bonds. The average Bonchev–Trinajstić information content (AvgIpc) is 2.53. The summed E-state index contributed by atoms with van der Waals surface area (Å²) < 4.78 is 0. The second-order valence-corrected chi connectivity index (χ2v) is 5.90.